The van der Waals surface area contributed by atoms with E-state index in [2.05, 4.69) is 27.8 Å². The number of carboxylic acid groups (broad SMARTS) is 1. The van der Waals surface area contributed by atoms with Gasteiger partial charge in [-0.1, -0.05) is 48.5 Å². The summed E-state index contributed by atoms with van der Waals surface area (Å²) in [6, 6.07) is 18.1. The molecule has 0 fully saturated rings. The summed E-state index contributed by atoms with van der Waals surface area (Å²) >= 11 is 1.49. The van der Waals surface area contributed by atoms with Crippen LogP contribution < -0.4 is 10.6 Å². The second-order valence-corrected chi connectivity index (χ2v) is 8.98. The standard InChI is InChI=1S/C26H25N3O5S/c1-35-14-12-22(25(31)32)28-24(30)23-21(11-6-13-27-23)29-26(33)34-15-20-18-9-4-2-7-16(18)17-8-3-5-10-19(17)20/h2-11,13,20,22H,12,14-15H2,1H3,(H,28,30)(H,29,33)(H,31,32)/t22-/m0/s1. The van der Waals surface area contributed by atoms with Crippen molar-refractivity contribution in [3.8, 4) is 11.1 Å². The van der Waals surface area contributed by atoms with Crippen molar-refractivity contribution in [1.29, 1.82) is 0 Å². The number of ether oxygens (including phenoxy) is 1. The van der Waals surface area contributed by atoms with Crippen molar-refractivity contribution in [2.24, 2.45) is 0 Å². The number of nitrogens with zero attached hydrogens (tertiary/aromatic N) is 1. The van der Waals surface area contributed by atoms with E-state index in [1.165, 1.54) is 24.0 Å². The first-order valence-electron chi connectivity index (χ1n) is 11.1. The van der Waals surface area contributed by atoms with Gasteiger partial charge in [-0.25, -0.2) is 14.6 Å². The van der Waals surface area contributed by atoms with Crippen molar-refractivity contribution in [1.82, 2.24) is 10.3 Å². The monoisotopic (exact) mass is 491 g/mol. The smallest absolute Gasteiger partial charge is 0.411 e. The summed E-state index contributed by atoms with van der Waals surface area (Å²) in [7, 11) is 0. The van der Waals surface area contributed by atoms with Gasteiger partial charge < -0.3 is 15.2 Å². The average Bonchev–Trinajstić information content (AvgIpc) is 3.19. The van der Waals surface area contributed by atoms with E-state index in [0.29, 0.717) is 5.75 Å². The average molecular weight is 492 g/mol. The number of carbonyl (C=O) groups is 3. The largest absolute Gasteiger partial charge is 0.480 e. The fraction of sp³-hybridized carbons (Fsp3) is 0.231. The quantitative estimate of drug-likeness (QED) is 0.407. The van der Waals surface area contributed by atoms with Crippen LogP contribution in [0.4, 0.5) is 10.5 Å². The second-order valence-electron chi connectivity index (χ2n) is 8.00. The van der Waals surface area contributed by atoms with Crippen LogP contribution in [0.3, 0.4) is 0 Å². The summed E-state index contributed by atoms with van der Waals surface area (Å²) < 4.78 is 5.54. The number of rotatable bonds is 9. The molecule has 0 saturated heterocycles. The first-order chi connectivity index (χ1) is 17.0. The number of nitrogens with one attached hydrogen (secondary N) is 2. The lowest BCUT2D eigenvalue weighted by atomic mass is 9.98. The molecular weight excluding hydrogens is 466 g/mol. The van der Waals surface area contributed by atoms with Gasteiger partial charge in [0.15, 0.2) is 5.69 Å². The maximum absolute atomic E-state index is 12.7. The molecule has 0 unspecified atom stereocenters. The molecule has 4 rings (SSSR count). The first kappa shape index (κ1) is 24.3. The number of benzene rings is 2. The molecule has 180 valence electrons. The Morgan fingerprint density at radius 1 is 1.03 bits per heavy atom. The zero-order valence-corrected chi connectivity index (χ0v) is 19.9. The summed E-state index contributed by atoms with van der Waals surface area (Å²) in [6.07, 6.45) is 2.79. The lowest BCUT2D eigenvalue weighted by Crippen LogP contribution is -2.41. The van der Waals surface area contributed by atoms with E-state index in [1.54, 1.807) is 6.07 Å². The molecule has 1 aliphatic carbocycles. The van der Waals surface area contributed by atoms with E-state index in [4.69, 9.17) is 4.74 Å². The van der Waals surface area contributed by atoms with E-state index >= 15 is 0 Å². The number of anilines is 1. The van der Waals surface area contributed by atoms with E-state index in [0.717, 1.165) is 22.3 Å². The van der Waals surface area contributed by atoms with Gasteiger partial charge in [0, 0.05) is 12.1 Å². The highest BCUT2D eigenvalue weighted by Crippen LogP contribution is 2.44. The number of fused-ring (bicyclic) bond motifs is 3. The predicted octanol–water partition coefficient (Wildman–Crippen LogP) is 4.38. The number of hydrogen-bond donors (Lipinski definition) is 3. The Hall–Kier alpha value is -3.85. The van der Waals surface area contributed by atoms with Crippen molar-refractivity contribution in [3.63, 3.8) is 0 Å². The third-order valence-electron chi connectivity index (χ3n) is 5.82. The second kappa shape index (κ2) is 11.1. The number of thioether (sulfide) groups is 1. The van der Waals surface area contributed by atoms with Crippen molar-refractivity contribution in [2.75, 3.05) is 23.9 Å². The highest BCUT2D eigenvalue weighted by atomic mass is 32.2. The number of amides is 2. The van der Waals surface area contributed by atoms with Crippen LogP contribution in [0, 0.1) is 0 Å². The minimum atomic E-state index is -1.13. The molecule has 2 amide bonds. The molecule has 1 heterocycles. The van der Waals surface area contributed by atoms with Crippen LogP contribution in [0.15, 0.2) is 66.9 Å². The van der Waals surface area contributed by atoms with Crippen LogP contribution in [0.1, 0.15) is 34.0 Å². The maximum atomic E-state index is 12.7. The molecule has 0 spiro atoms. The Bertz CT molecular complexity index is 1200. The molecule has 2 aromatic carbocycles. The molecule has 3 N–H and O–H groups in total. The van der Waals surface area contributed by atoms with Crippen molar-refractivity contribution in [2.45, 2.75) is 18.4 Å². The molecule has 1 aromatic heterocycles. The van der Waals surface area contributed by atoms with Crippen LogP contribution in [-0.4, -0.2) is 52.7 Å². The van der Waals surface area contributed by atoms with E-state index in [9.17, 15) is 19.5 Å². The lowest BCUT2D eigenvalue weighted by Gasteiger charge is -2.16. The van der Waals surface area contributed by atoms with Gasteiger partial charge >= 0.3 is 12.1 Å². The fourth-order valence-corrected chi connectivity index (χ4v) is 4.62. The molecule has 0 bridgehead atoms. The van der Waals surface area contributed by atoms with Gasteiger partial charge in [0.05, 0.1) is 5.69 Å². The zero-order valence-electron chi connectivity index (χ0n) is 19.1. The van der Waals surface area contributed by atoms with Gasteiger partial charge in [0.2, 0.25) is 0 Å². The van der Waals surface area contributed by atoms with E-state index in [1.807, 2.05) is 42.7 Å². The maximum Gasteiger partial charge on any atom is 0.411 e. The molecule has 0 saturated carbocycles. The molecule has 35 heavy (non-hydrogen) atoms. The summed E-state index contributed by atoms with van der Waals surface area (Å²) in [6.45, 7) is 0.122. The SMILES string of the molecule is CSCC[C@H](NC(=O)c1ncccc1NC(=O)OCC1c2ccccc2-c2ccccc21)C(=O)O. The van der Waals surface area contributed by atoms with Gasteiger partial charge in [-0.15, -0.1) is 0 Å². The molecule has 8 nitrogen and oxygen atoms in total. The third kappa shape index (κ3) is 5.46. The number of aromatic nitrogens is 1. The Labute approximate surface area is 207 Å². The normalized spacial score (nSPS) is 12.8. The van der Waals surface area contributed by atoms with Gasteiger partial charge in [0.25, 0.3) is 5.91 Å². The summed E-state index contributed by atoms with van der Waals surface area (Å²) in [4.78, 5) is 40.9. The van der Waals surface area contributed by atoms with Gasteiger partial charge in [-0.3, -0.25) is 10.1 Å². The zero-order chi connectivity index (χ0) is 24.8. The Morgan fingerprint density at radius 2 is 1.69 bits per heavy atom. The number of carboxylic acids is 1. The Balaban J connectivity index is 1.43. The molecule has 1 atom stereocenters. The van der Waals surface area contributed by atoms with Crippen LogP contribution in [0.25, 0.3) is 11.1 Å². The molecule has 3 aromatic rings. The number of hydrogen-bond acceptors (Lipinski definition) is 6. The molecule has 9 heteroatoms. The van der Waals surface area contributed by atoms with Crippen molar-refractivity contribution >= 4 is 35.4 Å². The summed E-state index contributed by atoms with van der Waals surface area (Å²) in [5.74, 6) is -1.34. The van der Waals surface area contributed by atoms with Gasteiger partial charge in [0.1, 0.15) is 12.6 Å². The van der Waals surface area contributed by atoms with E-state index < -0.39 is 24.0 Å². The van der Waals surface area contributed by atoms with Crippen LogP contribution >= 0.6 is 11.8 Å². The number of pyridine rings is 1. The highest BCUT2D eigenvalue weighted by Gasteiger charge is 2.29. The first-order valence-corrected chi connectivity index (χ1v) is 12.5. The molecule has 1 aliphatic rings. The number of aliphatic carboxylic acids is 1. The topological polar surface area (TPSA) is 118 Å². The predicted molar refractivity (Wildman–Crippen MR) is 135 cm³/mol. The Morgan fingerprint density at radius 3 is 2.31 bits per heavy atom. The number of carbonyl (C=O) groups excluding carboxylic acids is 2. The summed E-state index contributed by atoms with van der Waals surface area (Å²) in [5, 5.41) is 14.4. The van der Waals surface area contributed by atoms with E-state index in [-0.39, 0.29) is 30.3 Å². The summed E-state index contributed by atoms with van der Waals surface area (Å²) in [5.41, 5.74) is 4.48. The van der Waals surface area contributed by atoms with Gasteiger partial charge in [-0.05, 0) is 52.8 Å². The van der Waals surface area contributed by atoms with Crippen LogP contribution in [0.5, 0.6) is 0 Å². The fourth-order valence-electron chi connectivity index (χ4n) is 4.15. The lowest BCUT2D eigenvalue weighted by molar-refractivity contribution is -0.139. The minimum Gasteiger partial charge on any atom is -0.480 e. The van der Waals surface area contributed by atoms with Gasteiger partial charge in [-0.2, -0.15) is 11.8 Å². The molecular formula is C26H25N3O5S. The third-order valence-corrected chi connectivity index (χ3v) is 6.46. The Kier molecular flexibility index (Phi) is 7.67. The van der Waals surface area contributed by atoms with Crippen molar-refractivity contribution in [3.05, 3.63) is 83.7 Å². The highest BCUT2D eigenvalue weighted by molar-refractivity contribution is 7.98. The minimum absolute atomic E-state index is 0.0867. The molecule has 0 radical (unpaired) electrons. The van der Waals surface area contributed by atoms with Crippen molar-refractivity contribution < 1.29 is 24.2 Å². The molecule has 0 aliphatic heterocycles. The van der Waals surface area contributed by atoms with Crippen LogP contribution in [-0.2, 0) is 9.53 Å². The van der Waals surface area contributed by atoms with Crippen LogP contribution in [0.2, 0.25) is 0 Å².